The van der Waals surface area contributed by atoms with Crippen LogP contribution in [0.2, 0.25) is 0 Å². The van der Waals surface area contributed by atoms with Gasteiger partial charge in [0, 0.05) is 19.1 Å². The van der Waals surface area contributed by atoms with E-state index in [4.69, 9.17) is 0 Å². The highest BCUT2D eigenvalue weighted by Crippen LogP contribution is 2.31. The monoisotopic (exact) mass is 306 g/mol. The van der Waals surface area contributed by atoms with Gasteiger partial charge in [-0.3, -0.25) is 0 Å². The van der Waals surface area contributed by atoms with Gasteiger partial charge in [0.15, 0.2) is 0 Å². The fraction of sp³-hybridized carbons (Fsp3) is 0.625. The van der Waals surface area contributed by atoms with Gasteiger partial charge < -0.3 is 5.32 Å². The van der Waals surface area contributed by atoms with Gasteiger partial charge in [0.1, 0.15) is 0 Å². The normalized spacial score (nSPS) is 29.3. The van der Waals surface area contributed by atoms with Crippen molar-refractivity contribution in [3.05, 3.63) is 29.3 Å². The topological polar surface area (TPSA) is 49.4 Å². The quantitative estimate of drug-likeness (QED) is 0.902. The third kappa shape index (κ3) is 2.31. The summed E-state index contributed by atoms with van der Waals surface area (Å²) in [6.07, 6.45) is 5.57. The van der Waals surface area contributed by atoms with Gasteiger partial charge in [-0.15, -0.1) is 0 Å². The van der Waals surface area contributed by atoms with Gasteiger partial charge in [-0.1, -0.05) is 6.07 Å². The second kappa shape index (κ2) is 5.07. The summed E-state index contributed by atoms with van der Waals surface area (Å²) in [6, 6.07) is 6.07. The van der Waals surface area contributed by atoms with Crippen LogP contribution in [-0.2, 0) is 22.9 Å². The van der Waals surface area contributed by atoms with E-state index in [1.165, 1.54) is 11.1 Å². The van der Waals surface area contributed by atoms with Gasteiger partial charge in [-0.05, 0) is 67.8 Å². The largest absolute Gasteiger partial charge is 0.312 e. The molecule has 21 heavy (non-hydrogen) atoms. The number of hydrogen-bond acceptors (Lipinski definition) is 3. The minimum absolute atomic E-state index is 0.350. The molecule has 3 aliphatic rings. The zero-order valence-electron chi connectivity index (χ0n) is 12.2. The van der Waals surface area contributed by atoms with Crippen molar-refractivity contribution in [2.45, 2.75) is 43.0 Å². The van der Waals surface area contributed by atoms with Gasteiger partial charge in [0.2, 0.25) is 10.0 Å². The molecule has 1 N–H and O–H groups in total. The van der Waals surface area contributed by atoms with Crippen LogP contribution in [0.3, 0.4) is 0 Å². The third-order valence-electron chi connectivity index (χ3n) is 5.27. The number of benzene rings is 1. The lowest BCUT2D eigenvalue weighted by atomic mass is 9.94. The van der Waals surface area contributed by atoms with Crippen molar-refractivity contribution in [2.24, 2.45) is 5.92 Å². The number of aryl methyl sites for hydroxylation is 2. The van der Waals surface area contributed by atoms with Gasteiger partial charge in [0.05, 0.1) is 4.90 Å². The van der Waals surface area contributed by atoms with Crippen LogP contribution in [0.25, 0.3) is 0 Å². The standard InChI is InChI=1S/C16H22N2O2S/c19-21(20,15-7-6-12-3-1-4-13(12)9-15)18-10-14-5-2-8-17-16(14)11-18/h6-7,9,14,16-17H,1-5,8,10-11H2/t14-,16+/m0/s1. The molecule has 1 aliphatic carbocycles. The Morgan fingerprint density at radius 3 is 2.81 bits per heavy atom. The first-order valence-electron chi connectivity index (χ1n) is 8.00. The molecule has 2 saturated heterocycles. The molecule has 5 heteroatoms. The molecule has 1 aromatic rings. The first-order chi connectivity index (χ1) is 10.1. The van der Waals surface area contributed by atoms with Crippen LogP contribution < -0.4 is 5.32 Å². The Labute approximate surface area is 126 Å². The average Bonchev–Trinajstić information content (AvgIpc) is 3.13. The van der Waals surface area contributed by atoms with Crippen molar-refractivity contribution >= 4 is 10.0 Å². The molecule has 2 fully saturated rings. The zero-order valence-corrected chi connectivity index (χ0v) is 13.0. The number of nitrogens with one attached hydrogen (secondary N) is 1. The third-order valence-corrected chi connectivity index (χ3v) is 7.10. The summed E-state index contributed by atoms with van der Waals surface area (Å²) in [7, 11) is -3.33. The maximum absolute atomic E-state index is 12.9. The average molecular weight is 306 g/mol. The van der Waals surface area contributed by atoms with Crippen LogP contribution in [-0.4, -0.2) is 38.4 Å². The molecule has 2 atom stereocenters. The fourth-order valence-corrected chi connectivity index (χ4v) is 5.64. The number of sulfonamides is 1. The Kier molecular flexibility index (Phi) is 3.32. The molecule has 0 saturated carbocycles. The Morgan fingerprint density at radius 1 is 1.10 bits per heavy atom. The molecule has 0 bridgehead atoms. The van der Waals surface area contributed by atoms with Crippen LogP contribution in [0.4, 0.5) is 0 Å². The second-order valence-electron chi connectivity index (χ2n) is 6.57. The van der Waals surface area contributed by atoms with Crippen LogP contribution in [0.15, 0.2) is 23.1 Å². The van der Waals surface area contributed by atoms with Crippen molar-refractivity contribution in [1.29, 1.82) is 0 Å². The van der Waals surface area contributed by atoms with Gasteiger partial charge in [-0.25, -0.2) is 8.42 Å². The lowest BCUT2D eigenvalue weighted by molar-refractivity contribution is 0.339. The summed E-state index contributed by atoms with van der Waals surface area (Å²) in [6.45, 7) is 2.33. The number of piperidine rings is 1. The summed E-state index contributed by atoms with van der Waals surface area (Å²) in [4.78, 5) is 0.488. The molecule has 114 valence electrons. The van der Waals surface area contributed by atoms with E-state index in [-0.39, 0.29) is 0 Å². The van der Waals surface area contributed by atoms with E-state index < -0.39 is 10.0 Å². The molecule has 4 nitrogen and oxygen atoms in total. The summed E-state index contributed by atoms with van der Waals surface area (Å²) >= 11 is 0. The zero-order chi connectivity index (χ0) is 14.4. The van der Waals surface area contributed by atoms with Crippen LogP contribution in [0, 0.1) is 5.92 Å². The van der Waals surface area contributed by atoms with Crippen molar-refractivity contribution in [3.8, 4) is 0 Å². The van der Waals surface area contributed by atoms with Crippen molar-refractivity contribution in [3.63, 3.8) is 0 Å². The Bertz CT molecular complexity index is 642. The number of hydrogen-bond donors (Lipinski definition) is 1. The first kappa shape index (κ1) is 13.7. The summed E-state index contributed by atoms with van der Waals surface area (Å²) in [5.74, 6) is 0.489. The molecule has 0 aromatic heterocycles. The molecule has 2 heterocycles. The van der Waals surface area contributed by atoms with E-state index >= 15 is 0 Å². The molecule has 0 amide bonds. The highest BCUT2D eigenvalue weighted by atomic mass is 32.2. The van der Waals surface area contributed by atoms with Gasteiger partial charge in [0.25, 0.3) is 0 Å². The maximum Gasteiger partial charge on any atom is 0.243 e. The van der Waals surface area contributed by atoms with E-state index in [1.54, 1.807) is 10.4 Å². The molecule has 4 rings (SSSR count). The molecular formula is C16H22N2O2S. The van der Waals surface area contributed by atoms with Gasteiger partial charge >= 0.3 is 0 Å². The van der Waals surface area contributed by atoms with Crippen LogP contribution in [0.5, 0.6) is 0 Å². The van der Waals surface area contributed by atoms with E-state index in [2.05, 4.69) is 5.32 Å². The molecule has 1 aromatic carbocycles. The minimum atomic E-state index is -3.33. The Balaban J connectivity index is 1.61. The fourth-order valence-electron chi connectivity index (χ4n) is 4.06. The Hall–Kier alpha value is -0.910. The molecular weight excluding hydrogens is 284 g/mol. The van der Waals surface area contributed by atoms with E-state index in [0.29, 0.717) is 29.9 Å². The number of fused-ring (bicyclic) bond motifs is 2. The SMILES string of the molecule is O=S(=O)(c1ccc2c(c1)CCC2)N1C[C@@H]2CCCN[C@@H]2C1. The van der Waals surface area contributed by atoms with Crippen molar-refractivity contribution in [2.75, 3.05) is 19.6 Å². The highest BCUT2D eigenvalue weighted by Gasteiger charge is 2.40. The lowest BCUT2D eigenvalue weighted by Gasteiger charge is -2.24. The number of rotatable bonds is 2. The van der Waals surface area contributed by atoms with E-state index in [9.17, 15) is 8.42 Å². The first-order valence-corrected chi connectivity index (χ1v) is 9.44. The molecule has 2 aliphatic heterocycles. The summed E-state index contributed by atoms with van der Waals surface area (Å²) in [5, 5.41) is 3.47. The predicted octanol–water partition coefficient (Wildman–Crippen LogP) is 1.55. The maximum atomic E-state index is 12.9. The summed E-state index contributed by atoms with van der Waals surface area (Å²) < 4.78 is 27.4. The predicted molar refractivity (Wildman–Crippen MR) is 81.7 cm³/mol. The van der Waals surface area contributed by atoms with Gasteiger partial charge in [-0.2, -0.15) is 4.31 Å². The summed E-state index contributed by atoms with van der Waals surface area (Å²) in [5.41, 5.74) is 2.55. The van der Waals surface area contributed by atoms with Crippen LogP contribution >= 0.6 is 0 Å². The van der Waals surface area contributed by atoms with E-state index in [0.717, 1.165) is 38.6 Å². The highest BCUT2D eigenvalue weighted by molar-refractivity contribution is 7.89. The molecule has 0 radical (unpaired) electrons. The lowest BCUT2D eigenvalue weighted by Crippen LogP contribution is -2.41. The van der Waals surface area contributed by atoms with Crippen molar-refractivity contribution < 1.29 is 8.42 Å². The Morgan fingerprint density at radius 2 is 1.95 bits per heavy atom. The second-order valence-corrected chi connectivity index (χ2v) is 8.51. The van der Waals surface area contributed by atoms with E-state index in [1.807, 2.05) is 12.1 Å². The van der Waals surface area contributed by atoms with Crippen LogP contribution in [0.1, 0.15) is 30.4 Å². The molecule has 0 unspecified atom stereocenters. The van der Waals surface area contributed by atoms with Crippen molar-refractivity contribution in [1.82, 2.24) is 9.62 Å². The molecule has 0 spiro atoms. The number of nitrogens with zero attached hydrogens (tertiary/aromatic N) is 1. The smallest absolute Gasteiger partial charge is 0.243 e. The minimum Gasteiger partial charge on any atom is -0.312 e.